The maximum absolute atomic E-state index is 12.8. The van der Waals surface area contributed by atoms with Crippen LogP contribution in [-0.2, 0) is 0 Å². The van der Waals surface area contributed by atoms with E-state index in [1.807, 2.05) is 6.92 Å². The Labute approximate surface area is 103 Å². The number of rotatable bonds is 2. The predicted octanol–water partition coefficient (Wildman–Crippen LogP) is 3.14. The summed E-state index contributed by atoms with van der Waals surface area (Å²) in [7, 11) is 0. The van der Waals surface area contributed by atoms with E-state index < -0.39 is 0 Å². The van der Waals surface area contributed by atoms with Crippen LogP contribution in [-0.4, -0.2) is 4.98 Å². The number of thiazole rings is 1. The highest BCUT2D eigenvalue weighted by Gasteiger charge is 2.14. The molecule has 0 saturated carbocycles. The number of aryl methyl sites for hydroxylation is 1. The van der Waals surface area contributed by atoms with E-state index in [0.717, 1.165) is 21.1 Å². The molecule has 0 radical (unpaired) electrons. The van der Waals surface area contributed by atoms with Gasteiger partial charge in [-0.1, -0.05) is 0 Å². The lowest BCUT2D eigenvalue weighted by Crippen LogP contribution is -2.01. The lowest BCUT2D eigenvalue weighted by atomic mass is 10.1. The summed E-state index contributed by atoms with van der Waals surface area (Å²) in [6.07, 6.45) is 0. The molecule has 16 heavy (non-hydrogen) atoms. The van der Waals surface area contributed by atoms with Crippen LogP contribution >= 0.6 is 24.0 Å². The third-order valence-corrected chi connectivity index (χ3v) is 3.63. The van der Waals surface area contributed by atoms with Gasteiger partial charge in [-0.2, -0.15) is 12.6 Å². The zero-order valence-electron chi connectivity index (χ0n) is 8.64. The van der Waals surface area contributed by atoms with E-state index in [9.17, 15) is 4.39 Å². The maximum atomic E-state index is 12.8. The summed E-state index contributed by atoms with van der Waals surface area (Å²) in [4.78, 5) is 5.31. The summed E-state index contributed by atoms with van der Waals surface area (Å²) >= 11 is 5.73. The average Bonchev–Trinajstić information content (AvgIpc) is 2.61. The van der Waals surface area contributed by atoms with Crippen molar-refractivity contribution in [2.45, 2.75) is 12.3 Å². The van der Waals surface area contributed by atoms with Crippen LogP contribution in [0.1, 0.15) is 15.3 Å². The molecule has 84 valence electrons. The molecule has 0 aliphatic carbocycles. The maximum Gasteiger partial charge on any atom is 0.123 e. The molecule has 1 heterocycles. The zero-order valence-corrected chi connectivity index (χ0v) is 10.4. The van der Waals surface area contributed by atoms with E-state index >= 15 is 0 Å². The molecule has 5 heteroatoms. The fraction of sp³-hybridized carbons (Fsp3) is 0.182. The number of benzene rings is 1. The Bertz CT molecular complexity index is 491. The van der Waals surface area contributed by atoms with Crippen molar-refractivity contribution >= 4 is 24.0 Å². The Morgan fingerprint density at radius 1 is 1.38 bits per heavy atom. The molecule has 0 aliphatic rings. The van der Waals surface area contributed by atoms with E-state index in [4.69, 9.17) is 5.73 Å². The molecular weight excluding hydrogens is 243 g/mol. The van der Waals surface area contributed by atoms with Gasteiger partial charge in [-0.05, 0) is 31.2 Å². The number of nitrogens with zero attached hydrogens (tertiary/aromatic N) is 1. The monoisotopic (exact) mass is 254 g/mol. The van der Waals surface area contributed by atoms with Gasteiger partial charge in [-0.15, -0.1) is 11.3 Å². The summed E-state index contributed by atoms with van der Waals surface area (Å²) in [6, 6.07) is 6.22. The molecule has 0 amide bonds. The summed E-state index contributed by atoms with van der Waals surface area (Å²) < 4.78 is 12.8. The predicted molar refractivity (Wildman–Crippen MR) is 68.2 cm³/mol. The molecule has 2 rings (SSSR count). The van der Waals surface area contributed by atoms with Gasteiger partial charge < -0.3 is 5.73 Å². The third-order valence-electron chi connectivity index (χ3n) is 2.15. The van der Waals surface area contributed by atoms with Gasteiger partial charge >= 0.3 is 0 Å². The highest BCUT2D eigenvalue weighted by atomic mass is 32.1. The van der Waals surface area contributed by atoms with Gasteiger partial charge in [-0.25, -0.2) is 9.37 Å². The largest absolute Gasteiger partial charge is 0.315 e. The second-order valence-electron chi connectivity index (χ2n) is 3.40. The molecule has 1 aromatic carbocycles. The van der Waals surface area contributed by atoms with Crippen LogP contribution in [0.5, 0.6) is 0 Å². The quantitative estimate of drug-likeness (QED) is 0.638. The molecule has 2 N–H and O–H groups in total. The Balaban J connectivity index is 2.50. The van der Waals surface area contributed by atoms with Gasteiger partial charge in [0.2, 0.25) is 0 Å². The molecule has 2 nitrogen and oxygen atoms in total. The third kappa shape index (κ3) is 2.26. The molecule has 0 fully saturated rings. The molecular formula is C11H11FN2S2. The number of halogens is 1. The van der Waals surface area contributed by atoms with Crippen LogP contribution in [0.25, 0.3) is 11.3 Å². The van der Waals surface area contributed by atoms with E-state index in [-0.39, 0.29) is 11.2 Å². The van der Waals surface area contributed by atoms with Gasteiger partial charge in [0, 0.05) is 5.56 Å². The number of aromatic nitrogens is 1. The second kappa shape index (κ2) is 4.53. The lowest BCUT2D eigenvalue weighted by molar-refractivity contribution is 0.628. The van der Waals surface area contributed by atoms with Crippen molar-refractivity contribution in [3.8, 4) is 11.3 Å². The number of thiol groups is 1. The Morgan fingerprint density at radius 2 is 2.00 bits per heavy atom. The van der Waals surface area contributed by atoms with Crippen molar-refractivity contribution in [3.63, 3.8) is 0 Å². The van der Waals surface area contributed by atoms with Gasteiger partial charge in [0.1, 0.15) is 5.82 Å². The first-order chi connectivity index (χ1) is 7.58. The minimum absolute atomic E-state index is 0.257. The summed E-state index contributed by atoms with van der Waals surface area (Å²) in [5.74, 6) is -0.257. The van der Waals surface area contributed by atoms with Crippen LogP contribution in [0.3, 0.4) is 0 Å². The normalized spacial score (nSPS) is 12.8. The van der Waals surface area contributed by atoms with Crippen LogP contribution in [0, 0.1) is 12.7 Å². The van der Waals surface area contributed by atoms with Crippen LogP contribution in [0.15, 0.2) is 24.3 Å². The number of nitrogens with two attached hydrogens (primary N) is 1. The minimum atomic E-state index is -0.355. The molecule has 1 unspecified atom stereocenters. The molecule has 1 atom stereocenters. The van der Waals surface area contributed by atoms with Crippen molar-refractivity contribution in [1.29, 1.82) is 0 Å². The summed E-state index contributed by atoms with van der Waals surface area (Å²) in [5, 5.41) is 0.574. The van der Waals surface area contributed by atoms with Crippen LogP contribution in [0.4, 0.5) is 4.39 Å². The molecule has 2 aromatic rings. The van der Waals surface area contributed by atoms with E-state index in [2.05, 4.69) is 17.6 Å². The molecule has 0 spiro atoms. The fourth-order valence-corrected chi connectivity index (χ4v) is 2.57. The van der Waals surface area contributed by atoms with Gasteiger partial charge in [0.05, 0.1) is 21.0 Å². The highest BCUT2D eigenvalue weighted by molar-refractivity contribution is 7.80. The van der Waals surface area contributed by atoms with E-state index in [0.29, 0.717) is 0 Å². The van der Waals surface area contributed by atoms with Gasteiger partial charge in [0.15, 0.2) is 0 Å². The van der Waals surface area contributed by atoms with Crippen molar-refractivity contribution < 1.29 is 4.39 Å². The molecule has 0 aliphatic heterocycles. The number of hydrogen-bond donors (Lipinski definition) is 2. The highest BCUT2D eigenvalue weighted by Crippen LogP contribution is 2.33. The van der Waals surface area contributed by atoms with Crippen LogP contribution < -0.4 is 5.73 Å². The fourth-order valence-electron chi connectivity index (χ4n) is 1.46. The molecule has 1 aromatic heterocycles. The van der Waals surface area contributed by atoms with Crippen molar-refractivity contribution in [3.05, 3.63) is 40.0 Å². The average molecular weight is 254 g/mol. The first-order valence-electron chi connectivity index (χ1n) is 4.75. The van der Waals surface area contributed by atoms with E-state index in [1.165, 1.54) is 23.5 Å². The standard InChI is InChI=1S/C11H11FN2S2/c1-6-14-9(10(16-6)11(13)15)7-2-4-8(12)5-3-7/h2-5,11,15H,13H2,1H3. The van der Waals surface area contributed by atoms with Crippen molar-refractivity contribution in [2.24, 2.45) is 5.73 Å². The van der Waals surface area contributed by atoms with E-state index in [1.54, 1.807) is 12.1 Å². The molecule has 0 bridgehead atoms. The van der Waals surface area contributed by atoms with Crippen molar-refractivity contribution in [1.82, 2.24) is 4.98 Å². The Kier molecular flexibility index (Phi) is 3.28. The minimum Gasteiger partial charge on any atom is -0.315 e. The summed E-state index contributed by atoms with van der Waals surface area (Å²) in [6.45, 7) is 1.91. The first kappa shape index (κ1) is 11.6. The van der Waals surface area contributed by atoms with Crippen LogP contribution in [0.2, 0.25) is 0 Å². The lowest BCUT2D eigenvalue weighted by Gasteiger charge is -2.04. The SMILES string of the molecule is Cc1nc(-c2ccc(F)cc2)c(C(N)S)s1. The Hall–Kier alpha value is -0.910. The van der Waals surface area contributed by atoms with Crippen molar-refractivity contribution in [2.75, 3.05) is 0 Å². The molecule has 0 saturated heterocycles. The first-order valence-corrected chi connectivity index (χ1v) is 6.08. The summed E-state index contributed by atoms with van der Waals surface area (Å²) in [5.41, 5.74) is 7.42. The topological polar surface area (TPSA) is 38.9 Å². The van der Waals surface area contributed by atoms with Gasteiger partial charge in [0.25, 0.3) is 0 Å². The second-order valence-corrected chi connectivity index (χ2v) is 5.19. The zero-order chi connectivity index (χ0) is 11.7. The van der Waals surface area contributed by atoms with Gasteiger partial charge in [-0.3, -0.25) is 0 Å². The Morgan fingerprint density at radius 3 is 2.56 bits per heavy atom. The number of hydrogen-bond acceptors (Lipinski definition) is 4. The smallest absolute Gasteiger partial charge is 0.123 e.